The van der Waals surface area contributed by atoms with Gasteiger partial charge in [-0.2, -0.15) is 0 Å². The normalized spacial score (nSPS) is 12.8. The highest BCUT2D eigenvalue weighted by Gasteiger charge is 2.35. The van der Waals surface area contributed by atoms with Gasteiger partial charge in [0, 0.05) is 34.3 Å². The predicted molar refractivity (Wildman–Crippen MR) is 239 cm³/mol. The Hall–Kier alpha value is -7.43. The molecule has 10 aromatic rings. The van der Waals surface area contributed by atoms with Crippen LogP contribution in [0.3, 0.4) is 0 Å². The molecule has 0 unspecified atom stereocenters. The van der Waals surface area contributed by atoms with Crippen molar-refractivity contribution in [2.75, 3.05) is 0 Å². The molecule has 6 aromatic carbocycles. The molecule has 0 spiro atoms. The van der Waals surface area contributed by atoms with E-state index in [0.717, 1.165) is 45.2 Å². The highest BCUT2D eigenvalue weighted by molar-refractivity contribution is 6.16. The largest absolute Gasteiger partial charge is 0.309 e. The molecule has 4 heteroatoms. The van der Waals surface area contributed by atoms with Gasteiger partial charge in [-0.3, -0.25) is 9.97 Å². The fourth-order valence-electron chi connectivity index (χ4n) is 9.08. The molecule has 0 saturated heterocycles. The Balaban J connectivity index is 1.10. The van der Waals surface area contributed by atoms with Gasteiger partial charge in [0.2, 0.25) is 0 Å². The lowest BCUT2D eigenvalue weighted by molar-refractivity contribution is 0.660. The van der Waals surface area contributed by atoms with Crippen LogP contribution in [-0.2, 0) is 5.41 Å². The lowest BCUT2D eigenvalue weighted by Gasteiger charge is -2.22. The number of hydrogen-bond donors (Lipinski definition) is 0. The van der Waals surface area contributed by atoms with Crippen LogP contribution in [0.5, 0.6) is 0 Å². The minimum atomic E-state index is -0.0703. The van der Waals surface area contributed by atoms with Crippen molar-refractivity contribution in [3.05, 3.63) is 206 Å². The molecule has 0 amide bonds. The minimum absolute atomic E-state index is 0.0703. The Morgan fingerprint density at radius 1 is 0.397 bits per heavy atom. The quantitative estimate of drug-likeness (QED) is 0.170. The van der Waals surface area contributed by atoms with Gasteiger partial charge in [-0.15, -0.1) is 0 Å². The second-order valence-corrected chi connectivity index (χ2v) is 15.7. The van der Waals surface area contributed by atoms with E-state index in [1.165, 1.54) is 60.8 Å². The van der Waals surface area contributed by atoms with Gasteiger partial charge in [0.25, 0.3) is 0 Å². The van der Waals surface area contributed by atoms with Crippen LogP contribution in [0.2, 0.25) is 0 Å². The van der Waals surface area contributed by atoms with E-state index in [1.54, 1.807) is 0 Å². The maximum absolute atomic E-state index is 5.03. The number of pyridine rings is 3. The molecule has 274 valence electrons. The third-order valence-corrected chi connectivity index (χ3v) is 11.9. The molecule has 1 aliphatic carbocycles. The molecule has 11 rings (SSSR count). The van der Waals surface area contributed by atoms with Gasteiger partial charge in [0.15, 0.2) is 0 Å². The van der Waals surface area contributed by atoms with Crippen LogP contribution in [0.4, 0.5) is 0 Å². The minimum Gasteiger partial charge on any atom is -0.309 e. The monoisotopic (exact) mass is 742 g/mol. The second kappa shape index (κ2) is 13.4. The molecular formula is C54H38N4. The van der Waals surface area contributed by atoms with Crippen molar-refractivity contribution in [3.63, 3.8) is 0 Å². The zero-order valence-corrected chi connectivity index (χ0v) is 32.3. The summed E-state index contributed by atoms with van der Waals surface area (Å²) in [7, 11) is 0. The summed E-state index contributed by atoms with van der Waals surface area (Å²) in [5.74, 6) is 0. The summed E-state index contributed by atoms with van der Waals surface area (Å²) in [6.45, 7) is 4.70. The first-order valence-electron chi connectivity index (χ1n) is 19.8. The van der Waals surface area contributed by atoms with Crippen molar-refractivity contribution >= 4 is 21.8 Å². The molecule has 0 atom stereocenters. The SMILES string of the molecule is CC1(C)c2ccccc2-c2ccc(-c3ccc4c(c3)c3c(-c5cccc(-c6cc(-c7ccccn7)nc(-c7ccccn7)c6)c5)cccc3n4-c3ccccc3)cc21. The molecular weight excluding hydrogens is 705 g/mol. The lowest BCUT2D eigenvalue weighted by atomic mass is 9.81. The number of para-hydroxylation sites is 1. The third kappa shape index (κ3) is 5.48. The summed E-state index contributed by atoms with van der Waals surface area (Å²) >= 11 is 0. The van der Waals surface area contributed by atoms with Crippen molar-refractivity contribution in [2.24, 2.45) is 0 Å². The van der Waals surface area contributed by atoms with E-state index >= 15 is 0 Å². The van der Waals surface area contributed by atoms with Crippen molar-refractivity contribution in [2.45, 2.75) is 19.3 Å². The van der Waals surface area contributed by atoms with Gasteiger partial charge in [0.05, 0.1) is 33.8 Å². The van der Waals surface area contributed by atoms with Crippen LogP contribution in [0, 0.1) is 0 Å². The maximum Gasteiger partial charge on any atom is 0.0900 e. The lowest BCUT2D eigenvalue weighted by Crippen LogP contribution is -2.14. The van der Waals surface area contributed by atoms with Crippen LogP contribution in [0.25, 0.3) is 94.8 Å². The Labute approximate surface area is 337 Å². The van der Waals surface area contributed by atoms with Crippen molar-refractivity contribution in [1.82, 2.24) is 19.5 Å². The molecule has 4 heterocycles. The Kier molecular flexibility index (Phi) is 7.80. The first kappa shape index (κ1) is 33.9. The molecule has 4 aromatic heterocycles. The Bertz CT molecular complexity index is 3120. The summed E-state index contributed by atoms with van der Waals surface area (Å²) in [6, 6.07) is 65.4. The number of aromatic nitrogens is 4. The topological polar surface area (TPSA) is 43.6 Å². The molecule has 0 aliphatic heterocycles. The van der Waals surface area contributed by atoms with E-state index in [9.17, 15) is 0 Å². The summed E-state index contributed by atoms with van der Waals surface area (Å²) < 4.78 is 2.41. The van der Waals surface area contributed by atoms with Crippen molar-refractivity contribution < 1.29 is 0 Å². The summed E-state index contributed by atoms with van der Waals surface area (Å²) in [5, 5.41) is 2.45. The standard InChI is InChI=1S/C54H38N4/c1-54(2)45-20-7-6-18-42(45)43-26-24-37(32-46(43)54)36-25-27-51-44(31-36)53-41(19-13-23-52(53)58(51)40-16-4-3-5-17-40)38-15-12-14-35(30-38)39-33-49(47-21-8-10-28-55-47)57-50(34-39)48-22-9-11-29-56-48/h3-34H,1-2H3. The number of nitrogens with zero attached hydrogens (tertiary/aromatic N) is 4. The van der Waals surface area contributed by atoms with Crippen molar-refractivity contribution in [3.8, 4) is 73.0 Å². The molecule has 4 nitrogen and oxygen atoms in total. The van der Waals surface area contributed by atoms with Crippen LogP contribution in [0.1, 0.15) is 25.0 Å². The first-order valence-corrected chi connectivity index (χ1v) is 19.8. The van der Waals surface area contributed by atoms with E-state index in [4.69, 9.17) is 4.98 Å². The van der Waals surface area contributed by atoms with Gasteiger partial charge in [0.1, 0.15) is 0 Å². The van der Waals surface area contributed by atoms with E-state index in [2.05, 4.69) is 174 Å². The fraction of sp³-hybridized carbons (Fsp3) is 0.0556. The van der Waals surface area contributed by atoms with Crippen LogP contribution in [-0.4, -0.2) is 19.5 Å². The number of rotatable bonds is 6. The van der Waals surface area contributed by atoms with E-state index in [0.29, 0.717) is 0 Å². The zero-order chi connectivity index (χ0) is 38.8. The maximum atomic E-state index is 5.03. The van der Waals surface area contributed by atoms with Crippen LogP contribution >= 0.6 is 0 Å². The van der Waals surface area contributed by atoms with Gasteiger partial charge in [-0.25, -0.2) is 4.98 Å². The molecule has 1 aliphatic rings. The molecule has 58 heavy (non-hydrogen) atoms. The van der Waals surface area contributed by atoms with E-state index in [1.807, 2.05) is 48.8 Å². The molecule has 0 N–H and O–H groups in total. The second-order valence-electron chi connectivity index (χ2n) is 15.7. The zero-order valence-electron chi connectivity index (χ0n) is 32.3. The van der Waals surface area contributed by atoms with Gasteiger partial charge in [-0.05, 0) is 134 Å². The highest BCUT2D eigenvalue weighted by atomic mass is 15.0. The molecule has 0 radical (unpaired) electrons. The fourth-order valence-corrected chi connectivity index (χ4v) is 9.08. The molecule has 0 fully saturated rings. The summed E-state index contributed by atoms with van der Waals surface area (Å²) in [6.07, 6.45) is 3.62. The van der Waals surface area contributed by atoms with Crippen LogP contribution in [0.15, 0.2) is 194 Å². The van der Waals surface area contributed by atoms with Crippen molar-refractivity contribution in [1.29, 1.82) is 0 Å². The number of benzene rings is 6. The molecule has 0 saturated carbocycles. The third-order valence-electron chi connectivity index (χ3n) is 11.9. The number of hydrogen-bond acceptors (Lipinski definition) is 3. The number of fused-ring (bicyclic) bond motifs is 6. The van der Waals surface area contributed by atoms with Crippen LogP contribution < -0.4 is 0 Å². The average molecular weight is 743 g/mol. The highest BCUT2D eigenvalue weighted by Crippen LogP contribution is 2.50. The van der Waals surface area contributed by atoms with Gasteiger partial charge in [-0.1, -0.05) is 117 Å². The average Bonchev–Trinajstić information content (AvgIpc) is 3.75. The molecule has 0 bridgehead atoms. The Morgan fingerprint density at radius 2 is 1.02 bits per heavy atom. The summed E-state index contributed by atoms with van der Waals surface area (Å²) in [4.78, 5) is 14.3. The Morgan fingerprint density at radius 3 is 1.78 bits per heavy atom. The van der Waals surface area contributed by atoms with E-state index < -0.39 is 0 Å². The summed E-state index contributed by atoms with van der Waals surface area (Å²) in [5.41, 5.74) is 19.0. The van der Waals surface area contributed by atoms with E-state index in [-0.39, 0.29) is 5.41 Å². The predicted octanol–water partition coefficient (Wildman–Crippen LogP) is 13.6. The first-order chi connectivity index (χ1) is 28.5. The van der Waals surface area contributed by atoms with Gasteiger partial charge >= 0.3 is 0 Å². The van der Waals surface area contributed by atoms with Gasteiger partial charge < -0.3 is 4.57 Å². The smallest absolute Gasteiger partial charge is 0.0900 e.